The monoisotopic (exact) mass is 329 g/mol. The molecule has 4 nitrogen and oxygen atoms in total. The first-order chi connectivity index (χ1) is 9.83. The Hall–Kier alpha value is -1.79. The highest BCUT2D eigenvalue weighted by molar-refractivity contribution is 7.92. The maximum atomic E-state index is 13.1. The van der Waals surface area contributed by atoms with E-state index < -0.39 is 15.8 Å². The number of aryl methyl sites for hydroxylation is 1. The molecule has 0 amide bonds. The van der Waals surface area contributed by atoms with Crippen LogP contribution in [0.25, 0.3) is 0 Å². The number of sulfonamides is 1. The van der Waals surface area contributed by atoms with Crippen molar-refractivity contribution in [1.29, 1.82) is 0 Å². The van der Waals surface area contributed by atoms with E-state index in [1.807, 2.05) is 0 Å². The van der Waals surface area contributed by atoms with Gasteiger partial charge in [0.15, 0.2) is 0 Å². The summed E-state index contributed by atoms with van der Waals surface area (Å²) >= 11 is 5.63. The van der Waals surface area contributed by atoms with Crippen LogP contribution in [0.4, 0.5) is 10.1 Å². The molecule has 0 aliphatic rings. The van der Waals surface area contributed by atoms with Crippen LogP contribution in [-0.2, 0) is 10.0 Å². The topological polar surface area (TPSA) is 55.4 Å². The molecule has 0 unspecified atom stereocenters. The van der Waals surface area contributed by atoms with Gasteiger partial charge in [-0.05, 0) is 48.9 Å². The lowest BCUT2D eigenvalue weighted by molar-refractivity contribution is 0.414. The van der Waals surface area contributed by atoms with Gasteiger partial charge in [0.25, 0.3) is 10.0 Å². The van der Waals surface area contributed by atoms with Crippen molar-refractivity contribution in [3.8, 4) is 5.75 Å². The fraction of sp³-hybridized carbons (Fsp3) is 0.143. The van der Waals surface area contributed by atoms with E-state index in [1.165, 1.54) is 25.3 Å². The van der Waals surface area contributed by atoms with Crippen molar-refractivity contribution in [3.05, 3.63) is 52.8 Å². The smallest absolute Gasteiger partial charge is 0.262 e. The van der Waals surface area contributed by atoms with Gasteiger partial charge < -0.3 is 4.74 Å². The molecule has 1 N–H and O–H groups in total. The van der Waals surface area contributed by atoms with E-state index in [4.69, 9.17) is 16.3 Å². The van der Waals surface area contributed by atoms with Crippen molar-refractivity contribution in [3.63, 3.8) is 0 Å². The molecular weight excluding hydrogens is 317 g/mol. The zero-order valence-corrected chi connectivity index (χ0v) is 12.9. The van der Waals surface area contributed by atoms with Crippen LogP contribution in [0.2, 0.25) is 5.02 Å². The predicted octanol–water partition coefficient (Wildman–Crippen LogP) is 3.60. The van der Waals surface area contributed by atoms with Crippen molar-refractivity contribution in [2.24, 2.45) is 0 Å². The standard InChI is InChI=1S/C14H13ClFNO3S/c1-9-7-11(20-2)4-6-14(9)21(18,19)17-10-3-5-13(16)12(15)8-10/h3-8,17H,1-2H3. The Morgan fingerprint density at radius 1 is 1.19 bits per heavy atom. The Labute approximate surface area is 127 Å². The number of hydrogen-bond acceptors (Lipinski definition) is 3. The van der Waals surface area contributed by atoms with Crippen LogP contribution in [0.5, 0.6) is 5.75 Å². The third-order valence-electron chi connectivity index (χ3n) is 2.84. The summed E-state index contributed by atoms with van der Waals surface area (Å²) in [4.78, 5) is 0.115. The second kappa shape index (κ2) is 5.91. The van der Waals surface area contributed by atoms with Crippen molar-refractivity contribution in [2.45, 2.75) is 11.8 Å². The maximum absolute atomic E-state index is 13.1. The van der Waals surface area contributed by atoms with Crippen LogP contribution in [0.15, 0.2) is 41.3 Å². The van der Waals surface area contributed by atoms with Crippen LogP contribution >= 0.6 is 11.6 Å². The maximum Gasteiger partial charge on any atom is 0.262 e. The van der Waals surface area contributed by atoms with Crippen LogP contribution < -0.4 is 9.46 Å². The second-order valence-electron chi connectivity index (χ2n) is 4.37. The highest BCUT2D eigenvalue weighted by Crippen LogP contribution is 2.25. The first kappa shape index (κ1) is 15.6. The van der Waals surface area contributed by atoms with Crippen LogP contribution in [-0.4, -0.2) is 15.5 Å². The van der Waals surface area contributed by atoms with Gasteiger partial charge in [0.05, 0.1) is 22.7 Å². The average Bonchev–Trinajstić information content (AvgIpc) is 2.42. The molecule has 0 radical (unpaired) electrons. The molecule has 0 heterocycles. The third-order valence-corrected chi connectivity index (χ3v) is 4.67. The molecule has 0 atom stereocenters. The van der Waals surface area contributed by atoms with E-state index in [9.17, 15) is 12.8 Å². The largest absolute Gasteiger partial charge is 0.497 e. The molecule has 0 saturated heterocycles. The zero-order chi connectivity index (χ0) is 15.6. The van der Waals surface area contributed by atoms with Gasteiger partial charge in [-0.15, -0.1) is 0 Å². The SMILES string of the molecule is COc1ccc(S(=O)(=O)Nc2ccc(F)c(Cl)c2)c(C)c1. The van der Waals surface area contributed by atoms with E-state index in [1.54, 1.807) is 19.1 Å². The number of nitrogens with one attached hydrogen (secondary N) is 1. The minimum absolute atomic E-state index is 0.115. The normalized spacial score (nSPS) is 11.2. The van der Waals surface area contributed by atoms with Gasteiger partial charge in [-0.2, -0.15) is 0 Å². The molecule has 0 spiro atoms. The highest BCUT2D eigenvalue weighted by atomic mass is 35.5. The molecule has 21 heavy (non-hydrogen) atoms. The Morgan fingerprint density at radius 3 is 2.48 bits per heavy atom. The Kier molecular flexibility index (Phi) is 4.39. The van der Waals surface area contributed by atoms with E-state index in [-0.39, 0.29) is 15.6 Å². The highest BCUT2D eigenvalue weighted by Gasteiger charge is 2.18. The number of hydrogen-bond donors (Lipinski definition) is 1. The predicted molar refractivity (Wildman–Crippen MR) is 79.9 cm³/mol. The Balaban J connectivity index is 2.36. The zero-order valence-electron chi connectivity index (χ0n) is 11.4. The molecule has 0 saturated carbocycles. The van der Waals surface area contributed by atoms with E-state index in [2.05, 4.69) is 4.72 Å². The molecular formula is C14H13ClFNO3S. The molecule has 2 rings (SSSR count). The van der Waals surface area contributed by atoms with Gasteiger partial charge in [0.2, 0.25) is 0 Å². The fourth-order valence-electron chi connectivity index (χ4n) is 1.82. The van der Waals surface area contributed by atoms with Gasteiger partial charge >= 0.3 is 0 Å². The van der Waals surface area contributed by atoms with Crippen LogP contribution in [0, 0.1) is 12.7 Å². The number of methoxy groups -OCH3 is 1. The summed E-state index contributed by atoms with van der Waals surface area (Å²) in [6.07, 6.45) is 0. The van der Waals surface area contributed by atoms with Crippen LogP contribution in [0.3, 0.4) is 0 Å². The number of ether oxygens (including phenoxy) is 1. The molecule has 0 aromatic heterocycles. The minimum Gasteiger partial charge on any atom is -0.497 e. The average molecular weight is 330 g/mol. The summed E-state index contributed by atoms with van der Waals surface area (Å²) in [6.45, 7) is 1.66. The molecule has 2 aromatic carbocycles. The van der Waals surface area contributed by atoms with Gasteiger partial charge in [-0.25, -0.2) is 12.8 Å². The molecule has 2 aromatic rings. The molecule has 0 aliphatic heterocycles. The van der Waals surface area contributed by atoms with E-state index in [0.29, 0.717) is 11.3 Å². The number of halogens is 2. The number of rotatable bonds is 4. The second-order valence-corrected chi connectivity index (χ2v) is 6.42. The Bertz CT molecular complexity index is 778. The lowest BCUT2D eigenvalue weighted by Gasteiger charge is -2.11. The van der Waals surface area contributed by atoms with Crippen LogP contribution in [0.1, 0.15) is 5.56 Å². The number of benzene rings is 2. The van der Waals surface area contributed by atoms with Crippen molar-refractivity contribution in [1.82, 2.24) is 0 Å². The van der Waals surface area contributed by atoms with Gasteiger partial charge in [-0.1, -0.05) is 11.6 Å². The molecule has 0 bridgehead atoms. The van der Waals surface area contributed by atoms with E-state index in [0.717, 1.165) is 6.07 Å². The lowest BCUT2D eigenvalue weighted by Crippen LogP contribution is -2.14. The Morgan fingerprint density at radius 2 is 1.90 bits per heavy atom. The first-order valence-corrected chi connectivity index (χ1v) is 7.82. The first-order valence-electron chi connectivity index (χ1n) is 5.96. The third kappa shape index (κ3) is 3.46. The molecule has 0 aliphatic carbocycles. The fourth-order valence-corrected chi connectivity index (χ4v) is 3.28. The molecule has 0 fully saturated rings. The molecule has 7 heteroatoms. The summed E-state index contributed by atoms with van der Waals surface area (Å²) in [5.41, 5.74) is 0.728. The minimum atomic E-state index is -3.79. The van der Waals surface area contributed by atoms with Crippen molar-refractivity contribution < 1.29 is 17.5 Å². The summed E-state index contributed by atoms with van der Waals surface area (Å²) in [6, 6.07) is 8.24. The van der Waals surface area contributed by atoms with Gasteiger partial charge in [0.1, 0.15) is 11.6 Å². The summed E-state index contributed by atoms with van der Waals surface area (Å²) < 4.78 is 45.1. The van der Waals surface area contributed by atoms with E-state index >= 15 is 0 Å². The van der Waals surface area contributed by atoms with Crippen molar-refractivity contribution in [2.75, 3.05) is 11.8 Å². The summed E-state index contributed by atoms with van der Waals surface area (Å²) in [5, 5.41) is -0.151. The quantitative estimate of drug-likeness (QED) is 0.932. The van der Waals surface area contributed by atoms with Gasteiger partial charge in [-0.3, -0.25) is 4.72 Å². The molecule has 112 valence electrons. The summed E-state index contributed by atoms with van der Waals surface area (Å²) in [5.74, 6) is -0.0449. The van der Waals surface area contributed by atoms with Gasteiger partial charge in [0, 0.05) is 0 Å². The lowest BCUT2D eigenvalue weighted by atomic mass is 10.2. The number of anilines is 1. The summed E-state index contributed by atoms with van der Waals surface area (Å²) in [7, 11) is -2.28. The van der Waals surface area contributed by atoms with Crippen molar-refractivity contribution >= 4 is 27.3 Å².